The van der Waals surface area contributed by atoms with Gasteiger partial charge in [0.15, 0.2) is 0 Å². The molecule has 0 bridgehead atoms. The molecule has 0 fully saturated rings. The smallest absolute Gasteiger partial charge is 0.135 e. The normalized spacial score (nSPS) is 11.8. The van der Waals surface area contributed by atoms with Gasteiger partial charge in [0.2, 0.25) is 0 Å². The van der Waals surface area contributed by atoms with Crippen molar-refractivity contribution >= 4 is 43.7 Å². The van der Waals surface area contributed by atoms with Gasteiger partial charge in [0.25, 0.3) is 0 Å². The highest BCUT2D eigenvalue weighted by atomic mass is 16.3. The molecule has 0 unspecified atom stereocenters. The van der Waals surface area contributed by atoms with E-state index in [1.807, 2.05) is 12.1 Å². The Hall–Kier alpha value is -4.30. The maximum absolute atomic E-state index is 6.03. The molecule has 2 aromatic heterocycles. The quantitative estimate of drug-likeness (QED) is 0.272. The molecule has 7 rings (SSSR count). The minimum Gasteiger partial charge on any atom is -0.456 e. The third-order valence-electron chi connectivity index (χ3n) is 6.71. The lowest BCUT2D eigenvalue weighted by Crippen LogP contribution is -1.94. The van der Waals surface area contributed by atoms with E-state index in [0.717, 1.165) is 21.9 Å². The van der Waals surface area contributed by atoms with Gasteiger partial charge in [-0.15, -0.1) is 0 Å². The van der Waals surface area contributed by atoms with Crippen molar-refractivity contribution in [1.29, 1.82) is 0 Å². The lowest BCUT2D eigenvalue weighted by atomic mass is 10.0. The van der Waals surface area contributed by atoms with Crippen LogP contribution in [-0.4, -0.2) is 4.57 Å². The van der Waals surface area contributed by atoms with Gasteiger partial charge < -0.3 is 8.98 Å². The summed E-state index contributed by atoms with van der Waals surface area (Å²) < 4.78 is 8.42. The number of aromatic nitrogens is 1. The monoisotopic (exact) mass is 423 g/mol. The molecule has 0 N–H and O–H groups in total. The van der Waals surface area contributed by atoms with E-state index in [4.69, 9.17) is 4.42 Å². The number of benzene rings is 5. The zero-order valence-corrected chi connectivity index (χ0v) is 18.2. The summed E-state index contributed by atoms with van der Waals surface area (Å²) in [6, 6.07) is 38.8. The molecule has 33 heavy (non-hydrogen) atoms. The van der Waals surface area contributed by atoms with Gasteiger partial charge in [-0.2, -0.15) is 0 Å². The highest BCUT2D eigenvalue weighted by molar-refractivity contribution is 6.12. The van der Waals surface area contributed by atoms with Crippen molar-refractivity contribution in [2.75, 3.05) is 0 Å². The first-order valence-electron chi connectivity index (χ1n) is 11.3. The Kier molecular flexibility index (Phi) is 3.80. The molecule has 0 aliphatic carbocycles. The van der Waals surface area contributed by atoms with Crippen LogP contribution in [0.25, 0.3) is 60.6 Å². The van der Waals surface area contributed by atoms with Gasteiger partial charge in [0.05, 0.1) is 11.0 Å². The summed E-state index contributed by atoms with van der Waals surface area (Å²) in [7, 11) is 0. The maximum Gasteiger partial charge on any atom is 0.135 e. The van der Waals surface area contributed by atoms with Gasteiger partial charge in [-0.25, -0.2) is 0 Å². The number of rotatable bonds is 2. The number of hydrogen-bond donors (Lipinski definition) is 0. The van der Waals surface area contributed by atoms with Gasteiger partial charge >= 0.3 is 0 Å². The van der Waals surface area contributed by atoms with Gasteiger partial charge in [-0.05, 0) is 66.1 Å². The van der Waals surface area contributed by atoms with Crippen molar-refractivity contribution in [2.24, 2.45) is 0 Å². The molecular formula is C31H21NO. The second kappa shape index (κ2) is 6.85. The zero-order chi connectivity index (χ0) is 21.9. The predicted octanol–water partition coefficient (Wildman–Crippen LogP) is 8.66. The number of nitrogens with zero attached hydrogens (tertiary/aromatic N) is 1. The minimum atomic E-state index is 0.928. The van der Waals surface area contributed by atoms with E-state index in [2.05, 4.69) is 109 Å². The predicted molar refractivity (Wildman–Crippen MR) is 138 cm³/mol. The Labute approximate surface area is 191 Å². The fourth-order valence-electron chi connectivity index (χ4n) is 5.17. The summed E-state index contributed by atoms with van der Waals surface area (Å²) in [4.78, 5) is 0. The highest BCUT2D eigenvalue weighted by Crippen LogP contribution is 2.37. The summed E-state index contributed by atoms with van der Waals surface area (Å²) in [6.07, 6.45) is 0. The number of furan rings is 1. The first-order chi connectivity index (χ1) is 16.3. The molecule has 7 aromatic rings. The molecule has 0 radical (unpaired) electrons. The molecule has 0 spiro atoms. The summed E-state index contributed by atoms with van der Waals surface area (Å²) in [5.41, 5.74) is 9.23. The van der Waals surface area contributed by atoms with Crippen molar-refractivity contribution in [3.8, 4) is 16.8 Å². The second-order valence-corrected chi connectivity index (χ2v) is 8.68. The molecule has 0 aliphatic rings. The maximum atomic E-state index is 6.03. The largest absolute Gasteiger partial charge is 0.456 e. The van der Waals surface area contributed by atoms with Crippen LogP contribution < -0.4 is 0 Å². The topological polar surface area (TPSA) is 18.1 Å². The molecule has 0 saturated carbocycles. The van der Waals surface area contributed by atoms with Crippen LogP contribution in [0, 0.1) is 6.92 Å². The van der Waals surface area contributed by atoms with Crippen molar-refractivity contribution < 1.29 is 4.42 Å². The Morgan fingerprint density at radius 1 is 0.545 bits per heavy atom. The second-order valence-electron chi connectivity index (χ2n) is 8.68. The molecule has 2 nitrogen and oxygen atoms in total. The van der Waals surface area contributed by atoms with Crippen molar-refractivity contribution in [1.82, 2.24) is 4.57 Å². The van der Waals surface area contributed by atoms with Gasteiger partial charge in [0, 0.05) is 27.2 Å². The van der Waals surface area contributed by atoms with Crippen LogP contribution in [0.3, 0.4) is 0 Å². The third kappa shape index (κ3) is 2.68. The average Bonchev–Trinajstić information content (AvgIpc) is 3.40. The Bertz CT molecular complexity index is 1820. The van der Waals surface area contributed by atoms with Crippen LogP contribution in [-0.2, 0) is 0 Å². The fraction of sp³-hybridized carbons (Fsp3) is 0.0323. The molecule has 0 aliphatic heterocycles. The summed E-state index contributed by atoms with van der Waals surface area (Å²) in [5, 5.41) is 4.87. The third-order valence-corrected chi connectivity index (χ3v) is 6.71. The lowest BCUT2D eigenvalue weighted by Gasteiger charge is -2.09. The molecule has 0 saturated heterocycles. The Morgan fingerprint density at radius 3 is 2.12 bits per heavy atom. The summed E-state index contributed by atoms with van der Waals surface area (Å²) >= 11 is 0. The number of hydrogen-bond acceptors (Lipinski definition) is 1. The van der Waals surface area contributed by atoms with E-state index < -0.39 is 0 Å². The number of aryl methyl sites for hydroxylation is 1. The molecular weight excluding hydrogens is 402 g/mol. The molecule has 2 heteroatoms. The SMILES string of the molecule is Cc1cccc2c3cc(-c4ccc5oc6ccccc6c5c4)ccc3n(-c3ccccc3)c12. The van der Waals surface area contributed by atoms with Crippen LogP contribution in [0.15, 0.2) is 114 Å². The van der Waals surface area contributed by atoms with Gasteiger partial charge in [0.1, 0.15) is 11.2 Å². The number of para-hydroxylation sites is 3. The average molecular weight is 424 g/mol. The van der Waals surface area contributed by atoms with Crippen molar-refractivity contribution in [2.45, 2.75) is 6.92 Å². The molecule has 2 heterocycles. The van der Waals surface area contributed by atoms with E-state index >= 15 is 0 Å². The molecule has 156 valence electrons. The fourth-order valence-corrected chi connectivity index (χ4v) is 5.17. The minimum absolute atomic E-state index is 0.928. The van der Waals surface area contributed by atoms with E-state index in [9.17, 15) is 0 Å². The molecule has 0 amide bonds. The molecule has 0 atom stereocenters. The van der Waals surface area contributed by atoms with Crippen LogP contribution >= 0.6 is 0 Å². The number of fused-ring (bicyclic) bond motifs is 6. The van der Waals surface area contributed by atoms with Gasteiger partial charge in [-0.1, -0.05) is 66.7 Å². The highest BCUT2D eigenvalue weighted by Gasteiger charge is 2.15. The lowest BCUT2D eigenvalue weighted by molar-refractivity contribution is 0.669. The zero-order valence-electron chi connectivity index (χ0n) is 18.2. The van der Waals surface area contributed by atoms with E-state index in [0.29, 0.717) is 0 Å². The van der Waals surface area contributed by atoms with Crippen LogP contribution in [0.1, 0.15) is 5.56 Å². The Balaban J connectivity index is 1.50. The van der Waals surface area contributed by atoms with Crippen molar-refractivity contribution in [3.05, 3.63) is 115 Å². The standard InChI is InChI=1S/C31H21NO/c1-20-8-7-12-25-26-18-21(14-16-28(26)32(31(20)25)23-9-3-2-4-10-23)22-15-17-30-27(19-22)24-11-5-6-13-29(24)33-30/h2-19H,1H3. The first kappa shape index (κ1) is 18.3. The molecule has 5 aromatic carbocycles. The van der Waals surface area contributed by atoms with Crippen molar-refractivity contribution in [3.63, 3.8) is 0 Å². The van der Waals surface area contributed by atoms with E-state index in [1.165, 1.54) is 44.2 Å². The summed E-state index contributed by atoms with van der Waals surface area (Å²) in [6.45, 7) is 2.19. The van der Waals surface area contributed by atoms with E-state index in [1.54, 1.807) is 0 Å². The van der Waals surface area contributed by atoms with Crippen LogP contribution in [0.4, 0.5) is 0 Å². The summed E-state index contributed by atoms with van der Waals surface area (Å²) in [5.74, 6) is 0. The van der Waals surface area contributed by atoms with Crippen LogP contribution in [0.2, 0.25) is 0 Å². The Morgan fingerprint density at radius 2 is 1.24 bits per heavy atom. The van der Waals surface area contributed by atoms with Crippen LogP contribution in [0.5, 0.6) is 0 Å². The first-order valence-corrected chi connectivity index (χ1v) is 11.3. The van der Waals surface area contributed by atoms with E-state index in [-0.39, 0.29) is 0 Å². The van der Waals surface area contributed by atoms with Gasteiger partial charge in [-0.3, -0.25) is 0 Å².